The Morgan fingerprint density at radius 3 is 2.58 bits per heavy atom. The van der Waals surface area contributed by atoms with Gasteiger partial charge in [0.15, 0.2) is 0 Å². The number of ether oxygens (including phenoxy) is 1. The van der Waals surface area contributed by atoms with E-state index in [1.807, 2.05) is 6.07 Å². The van der Waals surface area contributed by atoms with Crippen LogP contribution >= 0.6 is 0 Å². The van der Waals surface area contributed by atoms with Crippen LogP contribution in [0, 0.1) is 11.3 Å². The van der Waals surface area contributed by atoms with Gasteiger partial charge < -0.3 is 26.0 Å². The van der Waals surface area contributed by atoms with Gasteiger partial charge >= 0.3 is 6.03 Å². The van der Waals surface area contributed by atoms with Crippen LogP contribution in [0.3, 0.4) is 0 Å². The molecule has 0 bridgehead atoms. The molecule has 1 heterocycles. The maximum Gasteiger partial charge on any atom is 0.318 e. The highest BCUT2D eigenvalue weighted by atomic mass is 16.5. The van der Waals surface area contributed by atoms with Crippen molar-refractivity contribution in [2.75, 3.05) is 38.6 Å². The van der Waals surface area contributed by atoms with E-state index in [1.54, 1.807) is 29.2 Å². The SMILES string of the molecule is N#CCNC(=O)[C@H](Cc1ccc(N)cc1)NC(=O)N1CCOCC1. The zero-order valence-corrected chi connectivity index (χ0v) is 13.3. The van der Waals surface area contributed by atoms with E-state index in [2.05, 4.69) is 10.6 Å². The van der Waals surface area contributed by atoms with Crippen LogP contribution in [0.2, 0.25) is 0 Å². The minimum Gasteiger partial charge on any atom is -0.399 e. The molecule has 128 valence electrons. The van der Waals surface area contributed by atoms with Crippen molar-refractivity contribution < 1.29 is 14.3 Å². The van der Waals surface area contributed by atoms with Crippen molar-refractivity contribution in [2.45, 2.75) is 12.5 Å². The monoisotopic (exact) mass is 331 g/mol. The summed E-state index contributed by atoms with van der Waals surface area (Å²) in [6, 6.07) is 7.86. The van der Waals surface area contributed by atoms with E-state index in [1.165, 1.54) is 0 Å². The molecule has 1 atom stereocenters. The van der Waals surface area contributed by atoms with Gasteiger partial charge in [-0.2, -0.15) is 5.26 Å². The Bertz CT molecular complexity index is 605. The maximum absolute atomic E-state index is 12.3. The van der Waals surface area contributed by atoms with Gasteiger partial charge in [-0.1, -0.05) is 12.1 Å². The lowest BCUT2D eigenvalue weighted by atomic mass is 10.0. The number of nitrogens with two attached hydrogens (primary N) is 1. The fraction of sp³-hybridized carbons (Fsp3) is 0.438. The molecule has 0 radical (unpaired) electrons. The average Bonchev–Trinajstić information content (AvgIpc) is 2.61. The van der Waals surface area contributed by atoms with Gasteiger partial charge in [-0.05, 0) is 17.7 Å². The van der Waals surface area contributed by atoms with E-state index in [4.69, 9.17) is 15.7 Å². The molecule has 8 heteroatoms. The van der Waals surface area contributed by atoms with Crippen LogP contribution in [0.1, 0.15) is 5.56 Å². The second kappa shape index (κ2) is 8.74. The number of amides is 3. The lowest BCUT2D eigenvalue weighted by Crippen LogP contribution is -2.54. The number of nitriles is 1. The standard InChI is InChI=1S/C16H21N5O3/c17-5-6-19-15(22)14(11-12-1-3-13(18)4-2-12)20-16(23)21-7-9-24-10-8-21/h1-4,14H,6-11,18H2,(H,19,22)(H,20,23)/t14-/m0/s1. The zero-order valence-electron chi connectivity index (χ0n) is 13.3. The van der Waals surface area contributed by atoms with Crippen LogP contribution in [0.5, 0.6) is 0 Å². The number of anilines is 1. The molecule has 1 aromatic rings. The Morgan fingerprint density at radius 1 is 1.29 bits per heavy atom. The number of nitrogens with zero attached hydrogens (tertiary/aromatic N) is 2. The smallest absolute Gasteiger partial charge is 0.318 e. The summed E-state index contributed by atoms with van der Waals surface area (Å²) in [5.41, 5.74) is 7.15. The summed E-state index contributed by atoms with van der Waals surface area (Å²) in [6.07, 6.45) is 0.313. The summed E-state index contributed by atoms with van der Waals surface area (Å²) in [5, 5.41) is 13.8. The van der Waals surface area contributed by atoms with Crippen LogP contribution in [-0.4, -0.2) is 55.7 Å². The summed E-state index contributed by atoms with van der Waals surface area (Å²) >= 11 is 0. The zero-order chi connectivity index (χ0) is 17.4. The number of rotatable bonds is 5. The van der Waals surface area contributed by atoms with Crippen LogP contribution in [0.25, 0.3) is 0 Å². The first kappa shape index (κ1) is 17.6. The first-order chi connectivity index (χ1) is 11.6. The fourth-order valence-electron chi connectivity index (χ4n) is 2.36. The normalized spacial score (nSPS) is 15.2. The van der Waals surface area contributed by atoms with Gasteiger partial charge in [0.05, 0.1) is 19.3 Å². The van der Waals surface area contributed by atoms with E-state index in [0.717, 1.165) is 5.56 Å². The van der Waals surface area contributed by atoms with Crippen molar-refractivity contribution in [1.29, 1.82) is 5.26 Å². The predicted molar refractivity (Wildman–Crippen MR) is 87.9 cm³/mol. The van der Waals surface area contributed by atoms with Gasteiger partial charge in [-0.3, -0.25) is 4.79 Å². The summed E-state index contributed by atoms with van der Waals surface area (Å²) < 4.78 is 5.21. The van der Waals surface area contributed by atoms with E-state index >= 15 is 0 Å². The van der Waals surface area contributed by atoms with Crippen molar-refractivity contribution in [3.8, 4) is 6.07 Å². The minimum atomic E-state index is -0.766. The predicted octanol–water partition coefficient (Wildman–Crippen LogP) is -0.139. The van der Waals surface area contributed by atoms with E-state index in [0.29, 0.717) is 38.4 Å². The number of morpholine rings is 1. The quantitative estimate of drug-likeness (QED) is 0.512. The number of urea groups is 1. The third kappa shape index (κ3) is 5.14. The second-order valence-electron chi connectivity index (χ2n) is 5.42. The van der Waals surface area contributed by atoms with Crippen LogP contribution in [0.15, 0.2) is 24.3 Å². The number of carbonyl (C=O) groups excluding carboxylic acids is 2. The molecular formula is C16H21N5O3. The number of carbonyl (C=O) groups is 2. The number of hydrogen-bond acceptors (Lipinski definition) is 5. The first-order valence-electron chi connectivity index (χ1n) is 7.72. The third-order valence-corrected chi connectivity index (χ3v) is 3.67. The van der Waals surface area contributed by atoms with Crippen LogP contribution < -0.4 is 16.4 Å². The molecule has 24 heavy (non-hydrogen) atoms. The second-order valence-corrected chi connectivity index (χ2v) is 5.42. The van der Waals surface area contributed by atoms with Crippen LogP contribution in [-0.2, 0) is 16.0 Å². The molecule has 1 aromatic carbocycles. The Hall–Kier alpha value is -2.79. The highest BCUT2D eigenvalue weighted by molar-refractivity contribution is 5.87. The molecule has 0 saturated carbocycles. The molecule has 0 aliphatic carbocycles. The molecule has 0 aromatic heterocycles. The molecule has 4 N–H and O–H groups in total. The number of hydrogen-bond donors (Lipinski definition) is 3. The minimum absolute atomic E-state index is 0.107. The molecule has 1 aliphatic heterocycles. The summed E-state index contributed by atoms with van der Waals surface area (Å²) in [7, 11) is 0. The molecule has 3 amide bonds. The van der Waals surface area contributed by atoms with Gasteiger partial charge in [0, 0.05) is 25.2 Å². The molecule has 1 fully saturated rings. The van der Waals surface area contributed by atoms with E-state index in [-0.39, 0.29) is 12.6 Å². The van der Waals surface area contributed by atoms with Gasteiger partial charge in [-0.15, -0.1) is 0 Å². The molecule has 8 nitrogen and oxygen atoms in total. The number of nitrogen functional groups attached to an aromatic ring is 1. The summed E-state index contributed by atoms with van der Waals surface area (Å²) in [6.45, 7) is 1.83. The Labute approximate surface area is 140 Å². The molecule has 1 aliphatic rings. The van der Waals surface area contributed by atoms with Gasteiger partial charge in [0.1, 0.15) is 12.6 Å². The number of nitrogens with one attached hydrogen (secondary N) is 2. The van der Waals surface area contributed by atoms with Crippen molar-refractivity contribution in [1.82, 2.24) is 15.5 Å². The van der Waals surface area contributed by atoms with Crippen molar-refractivity contribution in [2.24, 2.45) is 0 Å². The van der Waals surface area contributed by atoms with Crippen molar-refractivity contribution in [3.63, 3.8) is 0 Å². The van der Waals surface area contributed by atoms with Gasteiger partial charge in [0.25, 0.3) is 0 Å². The lowest BCUT2D eigenvalue weighted by molar-refractivity contribution is -0.122. The van der Waals surface area contributed by atoms with Gasteiger partial charge in [0.2, 0.25) is 5.91 Å². The van der Waals surface area contributed by atoms with Crippen LogP contribution in [0.4, 0.5) is 10.5 Å². The highest BCUT2D eigenvalue weighted by Crippen LogP contribution is 2.09. The molecular weight excluding hydrogens is 310 g/mol. The molecule has 2 rings (SSSR count). The number of benzene rings is 1. The Morgan fingerprint density at radius 2 is 1.96 bits per heavy atom. The largest absolute Gasteiger partial charge is 0.399 e. The van der Waals surface area contributed by atoms with Gasteiger partial charge in [-0.25, -0.2) is 4.79 Å². The average molecular weight is 331 g/mol. The molecule has 0 spiro atoms. The third-order valence-electron chi connectivity index (χ3n) is 3.67. The lowest BCUT2D eigenvalue weighted by Gasteiger charge is -2.29. The summed E-state index contributed by atoms with van der Waals surface area (Å²) in [4.78, 5) is 26.2. The topological polar surface area (TPSA) is 120 Å². The molecule has 0 unspecified atom stereocenters. The van der Waals surface area contributed by atoms with Crippen molar-refractivity contribution >= 4 is 17.6 Å². The Kier molecular flexibility index (Phi) is 6.40. The van der Waals surface area contributed by atoms with E-state index in [9.17, 15) is 9.59 Å². The fourth-order valence-corrected chi connectivity index (χ4v) is 2.36. The molecule has 1 saturated heterocycles. The Balaban J connectivity index is 2.03. The van der Waals surface area contributed by atoms with E-state index < -0.39 is 11.9 Å². The maximum atomic E-state index is 12.3. The summed E-state index contributed by atoms with van der Waals surface area (Å²) in [5.74, 6) is -0.394. The highest BCUT2D eigenvalue weighted by Gasteiger charge is 2.24. The first-order valence-corrected chi connectivity index (χ1v) is 7.72. The van der Waals surface area contributed by atoms with Crippen molar-refractivity contribution in [3.05, 3.63) is 29.8 Å².